The number of hydrogen-bond donors (Lipinski definition) is 3. The number of alkyl carbamates (subject to hydrolysis) is 1. The number of anilines is 2. The molecule has 0 aliphatic carbocycles. The lowest BCUT2D eigenvalue weighted by Crippen LogP contribution is -2.36. The number of amides is 2. The fraction of sp³-hybridized carbons (Fsp3) is 0.323. The zero-order chi connectivity index (χ0) is 29.6. The van der Waals surface area contributed by atoms with Crippen molar-refractivity contribution < 1.29 is 33.4 Å². The minimum Gasteiger partial charge on any atom is -0.481 e. The lowest BCUT2D eigenvalue weighted by Gasteiger charge is -2.29. The molecule has 0 saturated carbocycles. The Kier molecular flexibility index (Phi) is 9.24. The first kappa shape index (κ1) is 29.5. The molecule has 1 aliphatic rings. The third-order valence-electron chi connectivity index (χ3n) is 6.29. The number of nitrogens with one attached hydrogen (secondary N) is 2. The molecule has 3 aromatic carbocycles. The monoisotopic (exact) mass is 563 g/mol. The van der Waals surface area contributed by atoms with Crippen molar-refractivity contribution in [1.82, 2.24) is 5.32 Å². The Bertz CT molecular complexity index is 1430. The molecule has 0 spiro atoms. The van der Waals surface area contributed by atoms with E-state index in [1.165, 1.54) is 12.1 Å². The van der Waals surface area contributed by atoms with Gasteiger partial charge in [0.05, 0.1) is 19.6 Å². The Morgan fingerprint density at radius 2 is 1.71 bits per heavy atom. The largest absolute Gasteiger partial charge is 0.481 e. The van der Waals surface area contributed by atoms with Crippen molar-refractivity contribution in [2.45, 2.75) is 39.3 Å². The smallest absolute Gasteiger partial charge is 0.407 e. The summed E-state index contributed by atoms with van der Waals surface area (Å²) in [6.07, 6.45) is -0.849. The highest BCUT2D eigenvalue weighted by atomic mass is 19.1. The van der Waals surface area contributed by atoms with Gasteiger partial charge in [-0.2, -0.15) is 0 Å². The van der Waals surface area contributed by atoms with Gasteiger partial charge in [0.25, 0.3) is 5.91 Å². The van der Waals surface area contributed by atoms with Crippen LogP contribution in [-0.4, -0.2) is 55.0 Å². The van der Waals surface area contributed by atoms with Gasteiger partial charge in [-0.3, -0.25) is 9.59 Å². The summed E-state index contributed by atoms with van der Waals surface area (Å²) >= 11 is 0. The van der Waals surface area contributed by atoms with Crippen molar-refractivity contribution in [2.24, 2.45) is 0 Å². The molecular weight excluding hydrogens is 529 g/mol. The molecule has 0 aromatic heterocycles. The number of rotatable bonds is 8. The maximum Gasteiger partial charge on any atom is 0.407 e. The number of ether oxygens (including phenoxy) is 2. The summed E-state index contributed by atoms with van der Waals surface area (Å²) < 4.78 is 25.5. The Morgan fingerprint density at radius 1 is 1.00 bits per heavy atom. The van der Waals surface area contributed by atoms with Crippen LogP contribution in [0.3, 0.4) is 0 Å². The molecule has 1 saturated heterocycles. The number of carbonyl (C=O) groups excluding carboxylic acids is 2. The van der Waals surface area contributed by atoms with Gasteiger partial charge >= 0.3 is 12.1 Å². The van der Waals surface area contributed by atoms with E-state index >= 15 is 0 Å². The molecule has 0 atom stereocenters. The summed E-state index contributed by atoms with van der Waals surface area (Å²) in [5, 5.41) is 14.7. The third kappa shape index (κ3) is 8.52. The van der Waals surface area contributed by atoms with Crippen LogP contribution in [0.2, 0.25) is 0 Å². The molecule has 0 radical (unpaired) electrons. The Balaban J connectivity index is 1.66. The van der Waals surface area contributed by atoms with Gasteiger partial charge < -0.3 is 30.1 Å². The topological polar surface area (TPSA) is 117 Å². The van der Waals surface area contributed by atoms with Gasteiger partial charge in [-0.05, 0) is 85.5 Å². The average Bonchev–Trinajstić information content (AvgIpc) is 2.92. The van der Waals surface area contributed by atoms with Crippen LogP contribution in [0, 0.1) is 5.82 Å². The molecule has 216 valence electrons. The van der Waals surface area contributed by atoms with Crippen molar-refractivity contribution >= 4 is 29.3 Å². The normalized spacial score (nSPS) is 13.4. The summed E-state index contributed by atoms with van der Waals surface area (Å²) in [7, 11) is 0. The van der Waals surface area contributed by atoms with Crippen LogP contribution in [0.4, 0.5) is 20.6 Å². The molecule has 10 heteroatoms. The predicted octanol–water partition coefficient (Wildman–Crippen LogP) is 5.23. The molecule has 4 rings (SSSR count). The van der Waals surface area contributed by atoms with Crippen LogP contribution in [0.5, 0.6) is 0 Å². The van der Waals surface area contributed by atoms with E-state index in [4.69, 9.17) is 9.47 Å². The quantitative estimate of drug-likeness (QED) is 0.343. The zero-order valence-electron chi connectivity index (χ0n) is 23.3. The molecule has 9 nitrogen and oxygen atoms in total. The number of benzene rings is 3. The van der Waals surface area contributed by atoms with Gasteiger partial charge in [-0.25, -0.2) is 9.18 Å². The molecular formula is C31H34FN3O6. The van der Waals surface area contributed by atoms with Crippen molar-refractivity contribution in [3.63, 3.8) is 0 Å². The van der Waals surface area contributed by atoms with E-state index in [-0.39, 0.29) is 13.0 Å². The minimum atomic E-state index is -1.01. The van der Waals surface area contributed by atoms with Gasteiger partial charge in [0.2, 0.25) is 0 Å². The molecule has 3 aromatic rings. The first-order valence-corrected chi connectivity index (χ1v) is 13.3. The third-order valence-corrected chi connectivity index (χ3v) is 6.29. The maximum absolute atomic E-state index is 14.8. The molecule has 1 heterocycles. The second-order valence-electron chi connectivity index (χ2n) is 10.8. The number of carboxylic acids is 1. The van der Waals surface area contributed by atoms with E-state index < -0.39 is 29.4 Å². The number of carboxylic acid groups (broad SMARTS) is 1. The highest BCUT2D eigenvalue weighted by Crippen LogP contribution is 2.30. The van der Waals surface area contributed by atoms with Crippen LogP contribution in [-0.2, 0) is 27.2 Å². The van der Waals surface area contributed by atoms with E-state index in [0.29, 0.717) is 59.8 Å². The second-order valence-corrected chi connectivity index (χ2v) is 10.8. The Hall–Kier alpha value is -4.44. The van der Waals surface area contributed by atoms with E-state index in [1.54, 1.807) is 63.2 Å². The summed E-state index contributed by atoms with van der Waals surface area (Å²) in [5.41, 5.74) is 2.97. The van der Waals surface area contributed by atoms with E-state index in [9.17, 15) is 23.9 Å². The van der Waals surface area contributed by atoms with Gasteiger partial charge in [0.1, 0.15) is 11.4 Å². The van der Waals surface area contributed by atoms with E-state index in [0.717, 1.165) is 5.69 Å². The lowest BCUT2D eigenvalue weighted by molar-refractivity contribution is -0.136. The maximum atomic E-state index is 14.8. The van der Waals surface area contributed by atoms with Crippen LogP contribution in [0.15, 0.2) is 60.7 Å². The first-order valence-electron chi connectivity index (χ1n) is 13.3. The molecule has 0 unspecified atom stereocenters. The van der Waals surface area contributed by atoms with E-state index in [1.807, 2.05) is 6.07 Å². The molecule has 0 bridgehead atoms. The predicted molar refractivity (Wildman–Crippen MR) is 154 cm³/mol. The first-order chi connectivity index (χ1) is 19.5. The second kappa shape index (κ2) is 12.8. The van der Waals surface area contributed by atoms with Crippen molar-refractivity contribution in [1.29, 1.82) is 0 Å². The van der Waals surface area contributed by atoms with Gasteiger partial charge in [-0.1, -0.05) is 18.2 Å². The number of morpholine rings is 1. The van der Waals surface area contributed by atoms with Crippen LogP contribution in [0.25, 0.3) is 11.1 Å². The Morgan fingerprint density at radius 3 is 2.41 bits per heavy atom. The van der Waals surface area contributed by atoms with Gasteiger partial charge in [0, 0.05) is 36.6 Å². The summed E-state index contributed by atoms with van der Waals surface area (Å²) in [5.74, 6) is -1.93. The molecule has 1 fully saturated rings. The molecule has 3 N–H and O–H groups in total. The Labute approximate surface area is 238 Å². The molecule has 41 heavy (non-hydrogen) atoms. The van der Waals surface area contributed by atoms with Gasteiger partial charge in [-0.15, -0.1) is 0 Å². The number of hydrogen-bond acceptors (Lipinski definition) is 6. The van der Waals surface area contributed by atoms with Crippen LogP contribution >= 0.6 is 0 Å². The number of nitrogens with zero attached hydrogens (tertiary/aromatic N) is 1. The summed E-state index contributed by atoms with van der Waals surface area (Å²) in [6.45, 7) is 7.65. The van der Waals surface area contributed by atoms with E-state index in [2.05, 4.69) is 15.5 Å². The van der Waals surface area contributed by atoms with Gasteiger partial charge in [0.15, 0.2) is 0 Å². The highest BCUT2D eigenvalue weighted by Gasteiger charge is 2.19. The molecule has 2 amide bonds. The fourth-order valence-corrected chi connectivity index (χ4v) is 4.47. The lowest BCUT2D eigenvalue weighted by atomic mass is 9.98. The van der Waals surface area contributed by atoms with Crippen LogP contribution in [0.1, 0.15) is 42.3 Å². The standard InChI is InChI=1S/C31H34FN3O6/c1-31(2,3)41-30(39)33-19-20-12-22(15-25(32)13-20)23-14-24(17-26(16-23)35-8-10-40-11-9-35)29(38)34-27-7-5-4-6-21(27)18-28(36)37/h4-7,12-17H,8-11,18-19H2,1-3H3,(H,33,39)(H,34,38)(H,36,37). The summed E-state index contributed by atoms with van der Waals surface area (Å²) in [4.78, 5) is 39.0. The number of para-hydroxylation sites is 1. The van der Waals surface area contributed by atoms with Crippen molar-refractivity contribution in [3.05, 3.63) is 83.2 Å². The summed E-state index contributed by atoms with van der Waals surface area (Å²) in [6, 6.07) is 16.5. The fourth-order valence-electron chi connectivity index (χ4n) is 4.47. The SMILES string of the molecule is CC(C)(C)OC(=O)NCc1cc(F)cc(-c2cc(C(=O)Nc3ccccc3CC(=O)O)cc(N3CCOCC3)c2)c1. The average molecular weight is 564 g/mol. The number of aliphatic carboxylic acids is 1. The van der Waals surface area contributed by atoms with Crippen LogP contribution < -0.4 is 15.5 Å². The molecule has 1 aliphatic heterocycles. The number of carbonyl (C=O) groups is 3. The van der Waals surface area contributed by atoms with Crippen molar-refractivity contribution in [2.75, 3.05) is 36.5 Å². The highest BCUT2D eigenvalue weighted by molar-refractivity contribution is 6.06. The van der Waals surface area contributed by atoms with Crippen molar-refractivity contribution in [3.8, 4) is 11.1 Å². The minimum absolute atomic E-state index is 0.0521. The zero-order valence-corrected chi connectivity index (χ0v) is 23.3. The number of halogens is 1.